The average Bonchev–Trinajstić information content (AvgIpc) is 3.69. The second kappa shape index (κ2) is 7.98. The molecule has 3 aliphatic rings. The topological polar surface area (TPSA) is 120 Å². The van der Waals surface area contributed by atoms with Gasteiger partial charge >= 0.3 is 17.1 Å². The molecule has 2 aromatic rings. The number of aromatic amines is 1. The van der Waals surface area contributed by atoms with Gasteiger partial charge in [-0.25, -0.2) is 14.3 Å². The summed E-state index contributed by atoms with van der Waals surface area (Å²) in [6.07, 6.45) is 6.68. The van der Waals surface area contributed by atoms with E-state index in [-0.39, 0.29) is 30.2 Å². The summed E-state index contributed by atoms with van der Waals surface area (Å²) in [5.41, 5.74) is -2.09. The molecule has 0 spiro atoms. The third-order valence-electron chi connectivity index (χ3n) is 6.40. The van der Waals surface area contributed by atoms with Crippen molar-refractivity contribution in [2.75, 3.05) is 19.8 Å². The number of fused-ring (bicyclic) bond motifs is 1. The van der Waals surface area contributed by atoms with Crippen LogP contribution in [0.15, 0.2) is 17.1 Å². The number of aromatic nitrogens is 3. The maximum atomic E-state index is 14.8. The number of alkyl halides is 1. The summed E-state index contributed by atoms with van der Waals surface area (Å²) in [5.74, 6) is -1.48. The van der Waals surface area contributed by atoms with Gasteiger partial charge in [0.1, 0.15) is 12.2 Å². The van der Waals surface area contributed by atoms with Crippen molar-refractivity contribution in [3.8, 4) is 5.88 Å². The molecule has 2 saturated carbocycles. The van der Waals surface area contributed by atoms with E-state index in [0.717, 1.165) is 17.4 Å². The van der Waals surface area contributed by atoms with E-state index in [1.165, 1.54) is 22.9 Å². The summed E-state index contributed by atoms with van der Waals surface area (Å²) in [4.78, 5) is 40.1. The fourth-order valence-corrected chi connectivity index (χ4v) is 4.11. The first-order chi connectivity index (χ1) is 15.8. The van der Waals surface area contributed by atoms with Gasteiger partial charge in [0.15, 0.2) is 0 Å². The molecule has 2 aliphatic carbocycles. The standard InChI is InChI=1S/C22H26FN5O5/c1-13-11-33-9-8-26(13)16(29)5-2-14-10-24-28-19(14)27(12-22(23)6-7-22)20(31)17(21(28)32)18(30)25-15-3-4-15/h2,5,10,13,15H,3-4,6-9,11-12H2,1H3,(H2,25,30,31,32)/p+1/b5-2+/t13-/m0/s1. The summed E-state index contributed by atoms with van der Waals surface area (Å²) in [7, 11) is 0. The van der Waals surface area contributed by atoms with Crippen molar-refractivity contribution in [3.05, 3.63) is 33.8 Å². The van der Waals surface area contributed by atoms with E-state index in [0.29, 0.717) is 38.2 Å². The average molecular weight is 460 g/mol. The van der Waals surface area contributed by atoms with E-state index in [9.17, 15) is 23.9 Å². The monoisotopic (exact) mass is 460 g/mol. The predicted octanol–water partition coefficient (Wildman–Crippen LogP) is 0.276. The van der Waals surface area contributed by atoms with Gasteiger partial charge in [0, 0.05) is 18.7 Å². The summed E-state index contributed by atoms with van der Waals surface area (Å²) < 4.78 is 22.5. The number of aromatic hydroxyl groups is 1. The summed E-state index contributed by atoms with van der Waals surface area (Å²) in [6, 6.07) is -0.0820. The van der Waals surface area contributed by atoms with Crippen LogP contribution in [0.2, 0.25) is 0 Å². The lowest BCUT2D eigenvalue weighted by molar-refractivity contribution is -0.688. The van der Waals surface area contributed by atoms with E-state index < -0.39 is 28.6 Å². The number of ether oxygens (including phenoxy) is 1. The van der Waals surface area contributed by atoms with Crippen LogP contribution in [0, 0.1) is 0 Å². The highest BCUT2D eigenvalue weighted by atomic mass is 19.1. The molecule has 3 N–H and O–H groups in total. The van der Waals surface area contributed by atoms with Crippen LogP contribution in [0.25, 0.3) is 11.7 Å². The third kappa shape index (κ3) is 4.12. The molecule has 0 unspecified atom stereocenters. The minimum absolute atomic E-state index is 0.0166. The lowest BCUT2D eigenvalue weighted by atomic mass is 10.2. The Morgan fingerprint density at radius 2 is 2.18 bits per heavy atom. The molecule has 3 fully saturated rings. The summed E-state index contributed by atoms with van der Waals surface area (Å²) >= 11 is 0. The first kappa shape index (κ1) is 21.6. The number of hydrogen-bond donors (Lipinski definition) is 3. The highest BCUT2D eigenvalue weighted by Crippen LogP contribution is 2.40. The molecule has 2 aromatic heterocycles. The summed E-state index contributed by atoms with van der Waals surface area (Å²) in [6.45, 7) is 3.08. The maximum absolute atomic E-state index is 14.8. The molecule has 5 rings (SSSR count). The molecule has 1 atom stereocenters. The van der Waals surface area contributed by atoms with E-state index in [4.69, 9.17) is 4.74 Å². The molecule has 0 bridgehead atoms. The number of nitrogens with one attached hydrogen (secondary N) is 2. The third-order valence-corrected chi connectivity index (χ3v) is 6.40. The lowest BCUT2D eigenvalue weighted by Crippen LogP contribution is -2.47. The van der Waals surface area contributed by atoms with Crippen LogP contribution in [0.1, 0.15) is 48.5 Å². The van der Waals surface area contributed by atoms with Crippen LogP contribution in [0.5, 0.6) is 5.88 Å². The molecule has 2 amide bonds. The zero-order valence-electron chi connectivity index (χ0n) is 18.3. The number of amides is 2. The number of carbonyl (C=O) groups excluding carboxylic acids is 2. The molecular formula is C22H27FN5O5+. The molecule has 33 heavy (non-hydrogen) atoms. The molecule has 11 heteroatoms. The van der Waals surface area contributed by atoms with E-state index in [1.54, 1.807) is 4.90 Å². The Labute approximate surface area is 188 Å². The van der Waals surface area contributed by atoms with Crippen LogP contribution in [-0.4, -0.2) is 68.9 Å². The Balaban J connectivity index is 1.55. The number of morpholine rings is 1. The largest absolute Gasteiger partial charge is 0.477 e. The van der Waals surface area contributed by atoms with Crippen molar-refractivity contribution in [2.45, 2.75) is 56.9 Å². The van der Waals surface area contributed by atoms with Crippen LogP contribution in [0.4, 0.5) is 4.39 Å². The van der Waals surface area contributed by atoms with E-state index >= 15 is 0 Å². The number of nitrogens with zero attached hydrogens (tertiary/aromatic N) is 3. The summed E-state index contributed by atoms with van der Waals surface area (Å²) in [5, 5.41) is 16.4. The molecule has 0 aromatic carbocycles. The SMILES string of the molecule is C[C@H]1COCCN1C(=O)/C=C/c1c[nH]n2c(=O)c(C(=O)NC3CC3)c(O)[n+](CC3(F)CC3)c12. The van der Waals surface area contributed by atoms with Crippen molar-refractivity contribution >= 4 is 23.5 Å². The molecule has 10 nitrogen and oxygen atoms in total. The Bertz CT molecular complexity index is 1210. The lowest BCUT2D eigenvalue weighted by Gasteiger charge is -2.32. The van der Waals surface area contributed by atoms with Gasteiger partial charge in [-0.3, -0.25) is 9.59 Å². The highest BCUT2D eigenvalue weighted by molar-refractivity contribution is 5.96. The zero-order chi connectivity index (χ0) is 23.3. The molecule has 0 radical (unpaired) electrons. The minimum atomic E-state index is -1.51. The van der Waals surface area contributed by atoms with Gasteiger partial charge in [0.25, 0.3) is 5.91 Å². The first-order valence-corrected chi connectivity index (χ1v) is 11.2. The normalized spacial score (nSPS) is 22.1. The number of hydrogen-bond acceptors (Lipinski definition) is 5. The first-order valence-electron chi connectivity index (χ1n) is 11.2. The van der Waals surface area contributed by atoms with Crippen molar-refractivity contribution < 1.29 is 28.4 Å². The smallest absolute Gasteiger partial charge is 0.378 e. The maximum Gasteiger partial charge on any atom is 0.378 e. The molecule has 1 aliphatic heterocycles. The van der Waals surface area contributed by atoms with E-state index in [2.05, 4.69) is 10.4 Å². The fourth-order valence-electron chi connectivity index (χ4n) is 4.11. The molecule has 1 saturated heterocycles. The van der Waals surface area contributed by atoms with Crippen molar-refractivity contribution in [2.24, 2.45) is 0 Å². The quantitative estimate of drug-likeness (QED) is 0.422. The van der Waals surface area contributed by atoms with Gasteiger partial charge in [0.05, 0.1) is 31.0 Å². The second-order valence-corrected chi connectivity index (χ2v) is 9.17. The highest BCUT2D eigenvalue weighted by Gasteiger charge is 2.48. The molecule has 3 heterocycles. The number of halogens is 1. The van der Waals surface area contributed by atoms with Crippen LogP contribution >= 0.6 is 0 Å². The van der Waals surface area contributed by atoms with Crippen molar-refractivity contribution in [1.29, 1.82) is 0 Å². The van der Waals surface area contributed by atoms with Gasteiger partial charge in [-0.2, -0.15) is 4.57 Å². The minimum Gasteiger partial charge on any atom is -0.477 e. The molecular weight excluding hydrogens is 433 g/mol. The van der Waals surface area contributed by atoms with Gasteiger partial charge in [-0.1, -0.05) is 4.52 Å². The number of H-pyrrole nitrogens is 1. The van der Waals surface area contributed by atoms with Gasteiger partial charge in [-0.05, 0) is 38.7 Å². The fraction of sp³-hybridized carbons (Fsp3) is 0.545. The van der Waals surface area contributed by atoms with Crippen LogP contribution in [-0.2, 0) is 16.1 Å². The Morgan fingerprint density at radius 1 is 1.42 bits per heavy atom. The van der Waals surface area contributed by atoms with Crippen molar-refractivity contribution in [3.63, 3.8) is 0 Å². The van der Waals surface area contributed by atoms with Gasteiger partial charge < -0.3 is 20.1 Å². The Morgan fingerprint density at radius 3 is 2.85 bits per heavy atom. The second-order valence-electron chi connectivity index (χ2n) is 9.17. The zero-order valence-corrected chi connectivity index (χ0v) is 18.3. The van der Waals surface area contributed by atoms with Crippen molar-refractivity contribution in [1.82, 2.24) is 19.8 Å². The Kier molecular flexibility index (Phi) is 5.23. The molecule has 176 valence electrons. The van der Waals surface area contributed by atoms with Crippen LogP contribution in [0.3, 0.4) is 0 Å². The predicted molar refractivity (Wildman–Crippen MR) is 114 cm³/mol. The van der Waals surface area contributed by atoms with Crippen LogP contribution < -0.4 is 15.4 Å². The van der Waals surface area contributed by atoms with Gasteiger partial charge in [0.2, 0.25) is 11.5 Å². The Hall–Kier alpha value is -3.21. The van der Waals surface area contributed by atoms with E-state index in [1.807, 2.05) is 6.92 Å². The number of carbonyl (C=O) groups is 2. The van der Waals surface area contributed by atoms with Gasteiger partial charge in [-0.15, -0.1) is 0 Å². The number of rotatable bonds is 6.